The number of aromatic nitrogens is 4. The molecule has 1 saturated heterocycles. The quantitative estimate of drug-likeness (QED) is 0.679. The Morgan fingerprint density at radius 1 is 1.31 bits per heavy atom. The SMILES string of the molecule is C#CCCC1(CCC(=O)N2CCC(c3nccc(-c4cnn(C)c4)n3)CC2)N=N1. The fourth-order valence-electron chi connectivity index (χ4n) is 3.81. The maximum Gasteiger partial charge on any atom is 0.222 e. The van der Waals surface area contributed by atoms with Gasteiger partial charge in [-0.1, -0.05) is 0 Å². The summed E-state index contributed by atoms with van der Waals surface area (Å²) in [7, 11) is 1.89. The third kappa shape index (κ3) is 4.50. The molecule has 4 heterocycles. The highest BCUT2D eigenvalue weighted by Gasteiger charge is 2.39. The zero-order valence-corrected chi connectivity index (χ0v) is 16.7. The predicted octanol–water partition coefficient (Wildman–Crippen LogP) is 2.94. The van der Waals surface area contributed by atoms with E-state index in [0.717, 1.165) is 49.4 Å². The van der Waals surface area contributed by atoms with E-state index < -0.39 is 0 Å². The maximum atomic E-state index is 12.6. The Labute approximate surface area is 170 Å². The van der Waals surface area contributed by atoms with Crippen molar-refractivity contribution in [2.45, 2.75) is 50.1 Å². The molecule has 8 heteroatoms. The Kier molecular flexibility index (Phi) is 5.38. The normalized spacial score (nSPS) is 17.9. The lowest BCUT2D eigenvalue weighted by atomic mass is 9.95. The van der Waals surface area contributed by atoms with E-state index >= 15 is 0 Å². The standard InChI is InChI=1S/C21H25N7O/c1-3-4-9-21(25-26-21)10-5-19(29)28-12-7-16(8-13-28)20-22-11-6-18(24-20)17-14-23-27(2)15-17/h1,6,11,14-16H,4-5,7-10,12-13H2,2H3. The number of hydrogen-bond acceptors (Lipinski definition) is 6. The van der Waals surface area contributed by atoms with Gasteiger partial charge in [0.1, 0.15) is 5.82 Å². The van der Waals surface area contributed by atoms with Crippen LogP contribution in [0, 0.1) is 12.3 Å². The molecule has 0 N–H and O–H groups in total. The first kappa shape index (κ1) is 19.2. The summed E-state index contributed by atoms with van der Waals surface area (Å²) in [4.78, 5) is 23.8. The molecule has 1 fully saturated rings. The number of nitrogens with zero attached hydrogens (tertiary/aromatic N) is 7. The van der Waals surface area contributed by atoms with Gasteiger partial charge >= 0.3 is 0 Å². The molecular formula is C21H25N7O. The highest BCUT2D eigenvalue weighted by molar-refractivity contribution is 5.76. The van der Waals surface area contributed by atoms with Gasteiger partial charge < -0.3 is 4.90 Å². The van der Waals surface area contributed by atoms with Crippen LogP contribution in [0.3, 0.4) is 0 Å². The van der Waals surface area contributed by atoms with Crippen LogP contribution in [-0.4, -0.2) is 49.3 Å². The van der Waals surface area contributed by atoms with Gasteiger partial charge in [0.2, 0.25) is 5.91 Å². The van der Waals surface area contributed by atoms with Crippen LogP contribution in [0.5, 0.6) is 0 Å². The molecule has 0 unspecified atom stereocenters. The predicted molar refractivity (Wildman–Crippen MR) is 108 cm³/mol. The molecule has 2 aromatic heterocycles. The smallest absolute Gasteiger partial charge is 0.222 e. The first-order chi connectivity index (χ1) is 14.1. The topological polar surface area (TPSA) is 88.6 Å². The minimum Gasteiger partial charge on any atom is -0.343 e. The average molecular weight is 391 g/mol. The molecule has 0 saturated carbocycles. The number of terminal acetylenes is 1. The summed E-state index contributed by atoms with van der Waals surface area (Å²) in [6, 6.07) is 1.91. The van der Waals surface area contributed by atoms with E-state index in [9.17, 15) is 4.79 Å². The molecule has 4 rings (SSSR count). The number of likely N-dealkylation sites (tertiary alicyclic amines) is 1. The van der Waals surface area contributed by atoms with E-state index in [0.29, 0.717) is 19.3 Å². The van der Waals surface area contributed by atoms with Crippen molar-refractivity contribution in [3.05, 3.63) is 30.5 Å². The van der Waals surface area contributed by atoms with Crippen molar-refractivity contribution in [1.82, 2.24) is 24.6 Å². The van der Waals surface area contributed by atoms with E-state index in [1.54, 1.807) is 10.9 Å². The molecule has 150 valence electrons. The molecule has 0 bridgehead atoms. The van der Waals surface area contributed by atoms with Crippen LogP contribution in [0.4, 0.5) is 0 Å². The van der Waals surface area contributed by atoms with E-state index in [1.807, 2.05) is 30.4 Å². The lowest BCUT2D eigenvalue weighted by molar-refractivity contribution is -0.132. The van der Waals surface area contributed by atoms with Crippen LogP contribution < -0.4 is 0 Å². The number of amides is 1. The number of piperidine rings is 1. The van der Waals surface area contributed by atoms with Gasteiger partial charge in [0, 0.05) is 69.7 Å². The Bertz CT molecular complexity index is 944. The maximum absolute atomic E-state index is 12.6. The fourth-order valence-corrected chi connectivity index (χ4v) is 3.81. The van der Waals surface area contributed by atoms with Crippen molar-refractivity contribution in [2.24, 2.45) is 17.3 Å². The van der Waals surface area contributed by atoms with E-state index in [1.165, 1.54) is 0 Å². The van der Waals surface area contributed by atoms with Crippen LogP contribution in [0.1, 0.15) is 50.3 Å². The van der Waals surface area contributed by atoms with Gasteiger partial charge in [-0.2, -0.15) is 15.3 Å². The van der Waals surface area contributed by atoms with Crippen molar-refractivity contribution in [1.29, 1.82) is 0 Å². The summed E-state index contributed by atoms with van der Waals surface area (Å²) in [5, 5.41) is 12.4. The lowest BCUT2D eigenvalue weighted by Gasteiger charge is -2.31. The Balaban J connectivity index is 1.29. The monoisotopic (exact) mass is 391 g/mol. The van der Waals surface area contributed by atoms with Gasteiger partial charge in [-0.05, 0) is 18.9 Å². The van der Waals surface area contributed by atoms with Crippen LogP contribution in [0.15, 0.2) is 34.9 Å². The Morgan fingerprint density at radius 3 is 2.76 bits per heavy atom. The van der Waals surface area contributed by atoms with Crippen molar-refractivity contribution >= 4 is 5.91 Å². The number of carbonyl (C=O) groups excluding carboxylic acids is 1. The fraction of sp³-hybridized carbons (Fsp3) is 0.524. The van der Waals surface area contributed by atoms with Crippen molar-refractivity contribution < 1.29 is 4.79 Å². The number of hydrogen-bond donors (Lipinski definition) is 0. The summed E-state index contributed by atoms with van der Waals surface area (Å²) in [6.07, 6.45) is 15.1. The number of carbonyl (C=O) groups is 1. The van der Waals surface area contributed by atoms with Crippen molar-refractivity contribution in [3.8, 4) is 23.6 Å². The van der Waals surface area contributed by atoms with Gasteiger partial charge in [0.25, 0.3) is 0 Å². The Hall–Kier alpha value is -3.08. The highest BCUT2D eigenvalue weighted by atomic mass is 16.2. The van der Waals surface area contributed by atoms with Crippen LogP contribution in [0.25, 0.3) is 11.3 Å². The largest absolute Gasteiger partial charge is 0.343 e. The van der Waals surface area contributed by atoms with Crippen molar-refractivity contribution in [3.63, 3.8) is 0 Å². The van der Waals surface area contributed by atoms with Crippen LogP contribution >= 0.6 is 0 Å². The molecule has 2 aromatic rings. The average Bonchev–Trinajstić information content (AvgIpc) is 3.41. The van der Waals surface area contributed by atoms with Gasteiger partial charge in [-0.3, -0.25) is 9.48 Å². The molecular weight excluding hydrogens is 366 g/mol. The Morgan fingerprint density at radius 2 is 2.10 bits per heavy atom. The summed E-state index contributed by atoms with van der Waals surface area (Å²) in [5.74, 6) is 3.91. The second kappa shape index (κ2) is 8.11. The van der Waals surface area contributed by atoms with Crippen LogP contribution in [-0.2, 0) is 11.8 Å². The van der Waals surface area contributed by atoms with Gasteiger partial charge in [-0.15, -0.1) is 12.3 Å². The minimum absolute atomic E-state index is 0.172. The number of aryl methyl sites for hydroxylation is 1. The lowest BCUT2D eigenvalue weighted by Crippen LogP contribution is -2.38. The molecule has 1 amide bonds. The first-order valence-corrected chi connectivity index (χ1v) is 10.1. The second-order valence-electron chi connectivity index (χ2n) is 7.74. The summed E-state index contributed by atoms with van der Waals surface area (Å²) < 4.78 is 1.76. The summed E-state index contributed by atoms with van der Waals surface area (Å²) in [5.41, 5.74) is 1.48. The highest BCUT2D eigenvalue weighted by Crippen LogP contribution is 2.38. The van der Waals surface area contributed by atoms with E-state index in [2.05, 4.69) is 26.2 Å². The van der Waals surface area contributed by atoms with Gasteiger partial charge in [-0.25, -0.2) is 9.97 Å². The molecule has 0 aromatic carbocycles. The summed E-state index contributed by atoms with van der Waals surface area (Å²) >= 11 is 0. The third-order valence-corrected chi connectivity index (χ3v) is 5.68. The molecule has 0 spiro atoms. The zero-order chi connectivity index (χ0) is 20.3. The zero-order valence-electron chi connectivity index (χ0n) is 16.7. The number of rotatable bonds is 7. The molecule has 29 heavy (non-hydrogen) atoms. The van der Waals surface area contributed by atoms with Gasteiger partial charge in [0.05, 0.1) is 11.9 Å². The van der Waals surface area contributed by atoms with Gasteiger partial charge in [0.15, 0.2) is 5.66 Å². The molecule has 0 radical (unpaired) electrons. The van der Waals surface area contributed by atoms with E-state index in [-0.39, 0.29) is 17.5 Å². The van der Waals surface area contributed by atoms with Crippen LogP contribution in [0.2, 0.25) is 0 Å². The molecule has 8 nitrogen and oxygen atoms in total. The van der Waals surface area contributed by atoms with Crippen molar-refractivity contribution in [2.75, 3.05) is 13.1 Å². The third-order valence-electron chi connectivity index (χ3n) is 5.68. The van der Waals surface area contributed by atoms with E-state index in [4.69, 9.17) is 11.4 Å². The molecule has 0 atom stereocenters. The molecule has 2 aliphatic rings. The minimum atomic E-state index is -0.388. The molecule has 2 aliphatic heterocycles. The summed E-state index contributed by atoms with van der Waals surface area (Å²) in [6.45, 7) is 1.46. The second-order valence-corrected chi connectivity index (χ2v) is 7.74. The molecule has 0 aliphatic carbocycles. The first-order valence-electron chi connectivity index (χ1n) is 10.1.